The summed E-state index contributed by atoms with van der Waals surface area (Å²) in [7, 11) is -3.33. The molecule has 0 aromatic rings. The first-order valence-corrected chi connectivity index (χ1v) is 10.6. The molecule has 0 aromatic heterocycles. The predicted octanol–water partition coefficient (Wildman–Crippen LogP) is 1.87. The summed E-state index contributed by atoms with van der Waals surface area (Å²) in [5.74, 6) is 0.379. The normalized spacial score (nSPS) is 30.9. The Morgan fingerprint density at radius 3 is 2.36 bits per heavy atom. The molecule has 2 N–H and O–H groups in total. The van der Waals surface area contributed by atoms with E-state index < -0.39 is 10.0 Å². The highest BCUT2D eigenvalue weighted by molar-refractivity contribution is 7.89. The van der Waals surface area contributed by atoms with Crippen LogP contribution >= 0.6 is 0 Å². The number of ether oxygens (including phenoxy) is 1. The molecule has 128 valence electrons. The van der Waals surface area contributed by atoms with Crippen LogP contribution in [0.5, 0.6) is 0 Å². The Morgan fingerprint density at radius 2 is 1.73 bits per heavy atom. The van der Waals surface area contributed by atoms with E-state index in [2.05, 4.69) is 4.90 Å². The van der Waals surface area contributed by atoms with Gasteiger partial charge in [-0.2, -0.15) is 0 Å². The lowest BCUT2D eigenvalue weighted by Gasteiger charge is -2.36. The Balaban J connectivity index is 1.42. The van der Waals surface area contributed by atoms with Gasteiger partial charge in [0.15, 0.2) is 0 Å². The molecular weight excluding hydrogens is 300 g/mol. The van der Waals surface area contributed by atoms with Crippen LogP contribution in [0.2, 0.25) is 0 Å². The van der Waals surface area contributed by atoms with Crippen molar-refractivity contribution in [2.45, 2.75) is 69.5 Å². The van der Waals surface area contributed by atoms with Gasteiger partial charge in [0.1, 0.15) is 0 Å². The Bertz CT molecular complexity index is 466. The average Bonchev–Trinajstić information content (AvgIpc) is 2.83. The van der Waals surface area contributed by atoms with Crippen LogP contribution in [0.15, 0.2) is 0 Å². The number of hydrogen-bond acceptors (Lipinski definition) is 4. The lowest BCUT2D eigenvalue weighted by atomic mass is 9.83. The van der Waals surface area contributed by atoms with Gasteiger partial charge in [-0.05, 0) is 57.5 Å². The van der Waals surface area contributed by atoms with E-state index in [0.717, 1.165) is 32.5 Å². The maximum atomic E-state index is 11.2. The molecule has 1 saturated carbocycles. The minimum atomic E-state index is -3.33. The van der Waals surface area contributed by atoms with Gasteiger partial charge in [-0.15, -0.1) is 0 Å². The van der Waals surface area contributed by atoms with Crippen molar-refractivity contribution < 1.29 is 13.2 Å². The van der Waals surface area contributed by atoms with Crippen molar-refractivity contribution in [1.29, 1.82) is 0 Å². The molecule has 0 radical (unpaired) electrons. The molecule has 2 aliphatic heterocycles. The van der Waals surface area contributed by atoms with Crippen molar-refractivity contribution >= 4 is 10.0 Å². The molecule has 6 heteroatoms. The quantitative estimate of drug-likeness (QED) is 0.854. The van der Waals surface area contributed by atoms with E-state index in [1.807, 2.05) is 0 Å². The summed E-state index contributed by atoms with van der Waals surface area (Å²) >= 11 is 0. The standard InChI is InChI=1S/C16H30N2O3S/c17-22(19,20)13-14-5-10-18(11-6-14)12-15-4-9-16(21-15)7-2-1-3-8-16/h14-15H,1-13H2,(H2,17,19,20). The maximum Gasteiger partial charge on any atom is 0.209 e. The van der Waals surface area contributed by atoms with Gasteiger partial charge in [0.2, 0.25) is 10.0 Å². The maximum absolute atomic E-state index is 11.2. The van der Waals surface area contributed by atoms with Crippen LogP contribution in [-0.4, -0.2) is 50.4 Å². The molecule has 1 aliphatic carbocycles. The minimum absolute atomic E-state index is 0.143. The second kappa shape index (κ2) is 6.75. The first kappa shape index (κ1) is 16.7. The molecule has 3 aliphatic rings. The third-order valence-corrected chi connectivity index (χ3v) is 6.68. The molecule has 2 heterocycles. The van der Waals surface area contributed by atoms with Gasteiger partial charge in [0, 0.05) is 6.54 Å². The third kappa shape index (κ3) is 4.43. The van der Waals surface area contributed by atoms with Crippen LogP contribution < -0.4 is 5.14 Å². The monoisotopic (exact) mass is 330 g/mol. The van der Waals surface area contributed by atoms with E-state index in [1.54, 1.807) is 0 Å². The summed E-state index contributed by atoms with van der Waals surface area (Å²) in [5.41, 5.74) is 0.203. The summed E-state index contributed by atoms with van der Waals surface area (Å²) in [6.45, 7) is 2.98. The fraction of sp³-hybridized carbons (Fsp3) is 1.00. The molecule has 1 atom stereocenters. The van der Waals surface area contributed by atoms with E-state index in [9.17, 15) is 8.42 Å². The Kier molecular flexibility index (Phi) is 5.12. The van der Waals surface area contributed by atoms with Gasteiger partial charge < -0.3 is 9.64 Å². The number of piperidine rings is 1. The van der Waals surface area contributed by atoms with Gasteiger partial charge in [-0.25, -0.2) is 13.6 Å². The van der Waals surface area contributed by atoms with Gasteiger partial charge >= 0.3 is 0 Å². The molecule has 1 unspecified atom stereocenters. The summed E-state index contributed by atoms with van der Waals surface area (Å²) in [4.78, 5) is 2.45. The van der Waals surface area contributed by atoms with Crippen molar-refractivity contribution in [3.8, 4) is 0 Å². The number of rotatable bonds is 4. The van der Waals surface area contributed by atoms with Gasteiger partial charge in [0.05, 0.1) is 17.5 Å². The zero-order chi connectivity index (χ0) is 15.6. The van der Waals surface area contributed by atoms with Crippen molar-refractivity contribution in [1.82, 2.24) is 4.90 Å². The molecule has 0 bridgehead atoms. The molecule has 3 rings (SSSR count). The fourth-order valence-electron chi connectivity index (χ4n) is 4.54. The first-order chi connectivity index (χ1) is 10.4. The van der Waals surface area contributed by atoms with Crippen molar-refractivity contribution in [3.63, 3.8) is 0 Å². The van der Waals surface area contributed by atoms with E-state index in [4.69, 9.17) is 9.88 Å². The van der Waals surface area contributed by atoms with Crippen molar-refractivity contribution in [2.75, 3.05) is 25.4 Å². The third-order valence-electron chi connectivity index (χ3n) is 5.74. The van der Waals surface area contributed by atoms with Crippen LogP contribution in [0.4, 0.5) is 0 Å². The number of nitrogens with zero attached hydrogens (tertiary/aromatic N) is 1. The minimum Gasteiger partial charge on any atom is -0.370 e. The molecule has 22 heavy (non-hydrogen) atoms. The van der Waals surface area contributed by atoms with Crippen molar-refractivity contribution in [2.24, 2.45) is 11.1 Å². The highest BCUT2D eigenvalue weighted by Crippen LogP contribution is 2.42. The highest BCUT2D eigenvalue weighted by Gasteiger charge is 2.41. The molecular formula is C16H30N2O3S. The van der Waals surface area contributed by atoms with E-state index in [1.165, 1.54) is 44.9 Å². The summed E-state index contributed by atoms with van der Waals surface area (Å²) < 4.78 is 28.8. The van der Waals surface area contributed by atoms with Crippen LogP contribution in [0.3, 0.4) is 0 Å². The molecule has 0 aromatic carbocycles. The Labute approximate surface area is 134 Å². The number of hydrogen-bond donors (Lipinski definition) is 1. The highest BCUT2D eigenvalue weighted by atomic mass is 32.2. The average molecular weight is 330 g/mol. The lowest BCUT2D eigenvalue weighted by molar-refractivity contribution is -0.0734. The largest absolute Gasteiger partial charge is 0.370 e. The van der Waals surface area contributed by atoms with E-state index in [0.29, 0.717) is 6.10 Å². The molecule has 1 spiro atoms. The van der Waals surface area contributed by atoms with Gasteiger partial charge in [-0.3, -0.25) is 0 Å². The van der Waals surface area contributed by atoms with Crippen LogP contribution in [0.1, 0.15) is 57.8 Å². The van der Waals surface area contributed by atoms with Crippen LogP contribution in [0, 0.1) is 5.92 Å². The second-order valence-electron chi connectivity index (χ2n) is 7.60. The van der Waals surface area contributed by atoms with Crippen molar-refractivity contribution in [3.05, 3.63) is 0 Å². The number of primary sulfonamides is 1. The van der Waals surface area contributed by atoms with E-state index in [-0.39, 0.29) is 17.3 Å². The fourth-order valence-corrected chi connectivity index (χ4v) is 5.53. The molecule has 2 saturated heterocycles. The Hall–Kier alpha value is -0.170. The summed E-state index contributed by atoms with van der Waals surface area (Å²) in [6.07, 6.45) is 11.2. The number of nitrogens with two attached hydrogens (primary N) is 1. The smallest absolute Gasteiger partial charge is 0.209 e. The van der Waals surface area contributed by atoms with Gasteiger partial charge in [0.25, 0.3) is 0 Å². The first-order valence-electron chi connectivity index (χ1n) is 8.85. The van der Waals surface area contributed by atoms with Crippen LogP contribution in [-0.2, 0) is 14.8 Å². The zero-order valence-electron chi connectivity index (χ0n) is 13.5. The zero-order valence-corrected chi connectivity index (χ0v) is 14.3. The topological polar surface area (TPSA) is 72.6 Å². The Morgan fingerprint density at radius 1 is 1.05 bits per heavy atom. The molecule has 3 fully saturated rings. The van der Waals surface area contributed by atoms with E-state index >= 15 is 0 Å². The summed E-state index contributed by atoms with van der Waals surface area (Å²) in [6, 6.07) is 0. The predicted molar refractivity (Wildman–Crippen MR) is 87.1 cm³/mol. The summed E-state index contributed by atoms with van der Waals surface area (Å²) in [5, 5.41) is 5.15. The van der Waals surface area contributed by atoms with Gasteiger partial charge in [-0.1, -0.05) is 19.3 Å². The SMILES string of the molecule is NS(=O)(=O)CC1CCN(CC2CCC3(CCCCC3)O2)CC1. The second-order valence-corrected chi connectivity index (χ2v) is 9.25. The number of sulfonamides is 1. The lowest BCUT2D eigenvalue weighted by Crippen LogP contribution is -2.41. The molecule has 5 nitrogen and oxygen atoms in total. The number of likely N-dealkylation sites (tertiary alicyclic amines) is 1. The molecule has 0 amide bonds. The van der Waals surface area contributed by atoms with Crippen LogP contribution in [0.25, 0.3) is 0 Å².